The number of aliphatic hydroxyl groups excluding tert-OH is 1. The van der Waals surface area contributed by atoms with Crippen molar-refractivity contribution in [2.75, 3.05) is 27.2 Å². The van der Waals surface area contributed by atoms with E-state index in [4.69, 9.17) is 0 Å². The lowest BCUT2D eigenvalue weighted by molar-refractivity contribution is -0.159. The Morgan fingerprint density at radius 3 is 2.42 bits per heavy atom. The Kier molecular flexibility index (Phi) is 14.1. The number of nitrogens with one attached hydrogen (secondary N) is 4. The molecule has 6 unspecified atom stereocenters. The van der Waals surface area contributed by atoms with Gasteiger partial charge in [-0.1, -0.05) is 52.3 Å². The number of amides is 5. The van der Waals surface area contributed by atoms with Gasteiger partial charge in [0.25, 0.3) is 5.91 Å². The zero-order valence-corrected chi connectivity index (χ0v) is 28.8. The summed E-state index contributed by atoms with van der Waals surface area (Å²) in [6, 6.07) is 2.50. The number of H-pyrrole nitrogens is 1. The lowest BCUT2D eigenvalue weighted by Gasteiger charge is -2.41. The van der Waals surface area contributed by atoms with Crippen LogP contribution in [0.4, 0.5) is 0 Å². The molecule has 6 atom stereocenters. The molecule has 1 aliphatic heterocycles. The lowest BCUT2D eigenvalue weighted by atomic mass is 9.97. The first kappa shape index (κ1) is 38.2. The molecule has 0 aliphatic carbocycles. The second-order valence-electron chi connectivity index (χ2n) is 13.0. The molecule has 5 N–H and O–H groups in total. The van der Waals surface area contributed by atoms with Crippen LogP contribution in [-0.2, 0) is 35.2 Å². The van der Waals surface area contributed by atoms with Crippen LogP contribution in [0.15, 0.2) is 30.5 Å². The normalized spacial score (nSPS) is 17.9. The van der Waals surface area contributed by atoms with E-state index in [9.17, 15) is 33.9 Å². The van der Waals surface area contributed by atoms with E-state index in [2.05, 4.69) is 21.0 Å². The second-order valence-corrected chi connectivity index (χ2v) is 13.0. The van der Waals surface area contributed by atoms with Crippen LogP contribution in [-0.4, -0.2) is 119 Å². The average Bonchev–Trinajstić information content (AvgIpc) is 3.50. The maximum absolute atomic E-state index is 14.3. The fourth-order valence-corrected chi connectivity index (χ4v) is 6.05. The van der Waals surface area contributed by atoms with Gasteiger partial charge in [-0.3, -0.25) is 29.0 Å². The Labute approximate surface area is 281 Å². The Balaban J connectivity index is 1.92. The summed E-state index contributed by atoms with van der Waals surface area (Å²) in [7, 11) is 2.87. The number of aliphatic hydroxyl groups is 1. The van der Waals surface area contributed by atoms with Crippen LogP contribution in [0.5, 0.6) is 0 Å². The van der Waals surface area contributed by atoms with E-state index in [-0.39, 0.29) is 24.7 Å². The summed E-state index contributed by atoms with van der Waals surface area (Å²) >= 11 is 0. The molecule has 0 radical (unpaired) electrons. The first-order chi connectivity index (χ1) is 22.9. The van der Waals surface area contributed by atoms with Crippen LogP contribution in [0.2, 0.25) is 0 Å². The van der Waals surface area contributed by atoms with E-state index in [0.717, 1.165) is 26.4 Å². The fraction of sp³-hybridized carbons (Fsp3) is 0.588. The molecule has 1 saturated heterocycles. The Morgan fingerprint density at radius 2 is 1.79 bits per heavy atom. The van der Waals surface area contributed by atoms with Crippen LogP contribution >= 0.6 is 0 Å². The van der Waals surface area contributed by atoms with Crippen molar-refractivity contribution >= 4 is 47.2 Å². The highest BCUT2D eigenvalue weighted by Gasteiger charge is 2.42. The molecule has 14 nitrogen and oxygen atoms in total. The summed E-state index contributed by atoms with van der Waals surface area (Å²) < 4.78 is 0. The van der Waals surface area contributed by atoms with Crippen molar-refractivity contribution in [1.29, 1.82) is 0 Å². The molecule has 264 valence electrons. The number of aromatic amines is 1. The number of aromatic nitrogens is 1. The third-order valence-electron chi connectivity index (χ3n) is 9.24. The van der Waals surface area contributed by atoms with Crippen molar-refractivity contribution in [2.45, 2.75) is 90.0 Å². The first-order valence-corrected chi connectivity index (χ1v) is 16.6. The smallest absolute Gasteiger partial charge is 0.262 e. The molecule has 1 aromatic heterocycles. The molecule has 0 bridgehead atoms. The van der Waals surface area contributed by atoms with Gasteiger partial charge in [-0.05, 0) is 42.7 Å². The number of para-hydroxylation sites is 1. The number of rotatable bonds is 17. The molecular weight excluding hydrogens is 618 g/mol. The number of aldehydes is 1. The summed E-state index contributed by atoms with van der Waals surface area (Å²) in [5, 5.41) is 17.7. The molecule has 3 rings (SSSR count). The van der Waals surface area contributed by atoms with Crippen LogP contribution in [0.3, 0.4) is 0 Å². The van der Waals surface area contributed by atoms with Gasteiger partial charge in [0.15, 0.2) is 0 Å². The molecular formula is C34H51N7O7. The van der Waals surface area contributed by atoms with E-state index in [1.807, 2.05) is 52.0 Å². The van der Waals surface area contributed by atoms with Gasteiger partial charge in [0.2, 0.25) is 24.1 Å². The van der Waals surface area contributed by atoms with Gasteiger partial charge in [0.05, 0.1) is 12.6 Å². The number of nitrogens with zero attached hydrogens (tertiary/aromatic N) is 3. The predicted octanol–water partition coefficient (Wildman–Crippen LogP) is 0.743. The quantitative estimate of drug-likeness (QED) is 0.153. The number of hydrogen-bond donors (Lipinski definition) is 5. The minimum atomic E-state index is -1.35. The lowest BCUT2D eigenvalue weighted by Crippen LogP contribution is -2.65. The average molecular weight is 670 g/mol. The molecule has 1 aromatic carbocycles. The minimum absolute atomic E-state index is 0.0609. The van der Waals surface area contributed by atoms with Gasteiger partial charge in [-0.15, -0.1) is 0 Å². The van der Waals surface area contributed by atoms with Crippen molar-refractivity contribution in [3.05, 3.63) is 36.0 Å². The van der Waals surface area contributed by atoms with Crippen LogP contribution in [0, 0.1) is 11.8 Å². The van der Waals surface area contributed by atoms with Crippen LogP contribution < -0.4 is 16.1 Å². The van der Waals surface area contributed by atoms with E-state index < -0.39 is 60.4 Å². The van der Waals surface area contributed by atoms with Crippen molar-refractivity contribution in [3.8, 4) is 0 Å². The highest BCUT2D eigenvalue weighted by atomic mass is 16.3. The SMILES string of the molecule is CCC(C)C(C=O)NC(=O)C(Cc1c[nH]c2ccccc12)N(C)C(=O)C1CCCNN1C(=O)C(CO)N(C)C(=O)C(CC(C)C)NC=O. The highest BCUT2D eigenvalue weighted by Crippen LogP contribution is 2.23. The van der Waals surface area contributed by atoms with Gasteiger partial charge < -0.3 is 35.3 Å². The number of carbonyl (C=O) groups excluding carboxylic acids is 6. The van der Waals surface area contributed by atoms with Gasteiger partial charge in [0.1, 0.15) is 30.5 Å². The first-order valence-electron chi connectivity index (χ1n) is 16.6. The Bertz CT molecular complexity index is 1430. The summed E-state index contributed by atoms with van der Waals surface area (Å²) in [5.74, 6) is -2.36. The fourth-order valence-electron chi connectivity index (χ4n) is 6.05. The molecule has 1 aliphatic rings. The maximum Gasteiger partial charge on any atom is 0.262 e. The van der Waals surface area contributed by atoms with Crippen molar-refractivity contribution in [2.24, 2.45) is 11.8 Å². The zero-order chi connectivity index (χ0) is 35.5. The number of likely N-dealkylation sites (N-methyl/N-ethyl adjacent to an activating group) is 2. The number of fused-ring (bicyclic) bond motifs is 1. The van der Waals surface area contributed by atoms with Gasteiger partial charge in [-0.2, -0.15) is 0 Å². The molecule has 0 saturated carbocycles. The van der Waals surface area contributed by atoms with E-state index in [1.54, 1.807) is 6.20 Å². The molecule has 5 amide bonds. The van der Waals surface area contributed by atoms with E-state index >= 15 is 0 Å². The Morgan fingerprint density at radius 1 is 1.08 bits per heavy atom. The Hall–Kier alpha value is -4.30. The zero-order valence-electron chi connectivity index (χ0n) is 28.8. The highest BCUT2D eigenvalue weighted by molar-refractivity contribution is 5.96. The van der Waals surface area contributed by atoms with Gasteiger partial charge in [-0.25, -0.2) is 5.43 Å². The van der Waals surface area contributed by atoms with Crippen molar-refractivity contribution in [3.63, 3.8) is 0 Å². The molecule has 14 heteroatoms. The predicted molar refractivity (Wildman–Crippen MR) is 180 cm³/mol. The number of benzene rings is 1. The number of hydrogen-bond acceptors (Lipinski definition) is 8. The number of carbonyl (C=O) groups is 6. The molecule has 0 spiro atoms. The van der Waals surface area contributed by atoms with Crippen molar-refractivity contribution in [1.82, 2.24) is 35.9 Å². The largest absolute Gasteiger partial charge is 0.394 e. The third kappa shape index (κ3) is 8.98. The van der Waals surface area contributed by atoms with E-state index in [1.165, 1.54) is 19.0 Å². The second kappa shape index (κ2) is 17.7. The monoisotopic (exact) mass is 669 g/mol. The minimum Gasteiger partial charge on any atom is -0.394 e. The molecule has 2 aromatic rings. The molecule has 48 heavy (non-hydrogen) atoms. The summed E-state index contributed by atoms with van der Waals surface area (Å²) in [6.45, 7) is 7.21. The maximum atomic E-state index is 14.3. The standard InChI is InChI=1S/C34H51N7O7/c1-7-22(4)27(18-42)38-31(45)29(16-23-17-35-25-12-9-8-11-24(23)25)39(5)33(47)28-13-10-14-37-41(28)34(48)30(19-43)40(6)32(46)26(36-20-44)15-21(2)3/h8-9,11-12,17-18,20-22,26-30,35,37,43H,7,10,13-16,19H2,1-6H3,(H,36,44)(H,38,45). The number of hydrazine groups is 1. The topological polar surface area (TPSA) is 184 Å². The van der Waals surface area contributed by atoms with Crippen molar-refractivity contribution < 1.29 is 33.9 Å². The van der Waals surface area contributed by atoms with Crippen LogP contribution in [0.25, 0.3) is 10.9 Å². The van der Waals surface area contributed by atoms with Crippen LogP contribution in [0.1, 0.15) is 58.9 Å². The van der Waals surface area contributed by atoms with Gasteiger partial charge >= 0.3 is 0 Å². The molecule has 2 heterocycles. The summed E-state index contributed by atoms with van der Waals surface area (Å²) in [4.78, 5) is 84.1. The van der Waals surface area contributed by atoms with Gasteiger partial charge in [0, 0.05) is 44.2 Å². The van der Waals surface area contributed by atoms with E-state index in [0.29, 0.717) is 38.5 Å². The third-order valence-corrected chi connectivity index (χ3v) is 9.24. The summed E-state index contributed by atoms with van der Waals surface area (Å²) in [5.41, 5.74) is 4.63. The summed E-state index contributed by atoms with van der Waals surface area (Å²) in [6.07, 6.45) is 4.85. The molecule has 1 fully saturated rings.